The first-order valence-electron chi connectivity index (χ1n) is 11.8. The van der Waals surface area contributed by atoms with E-state index in [1.54, 1.807) is 5.48 Å². The molecule has 1 heterocycles. The van der Waals surface area contributed by atoms with Gasteiger partial charge in [-0.05, 0) is 49.6 Å². The molecule has 1 aliphatic rings. The van der Waals surface area contributed by atoms with Crippen LogP contribution in [0.5, 0.6) is 5.75 Å². The lowest BCUT2D eigenvalue weighted by atomic mass is 9.88. The number of hydrogen-bond donors (Lipinski definition) is 3. The molecule has 11 heteroatoms. The zero-order valence-electron chi connectivity index (χ0n) is 20.5. The highest BCUT2D eigenvalue weighted by Gasteiger charge is 2.38. The number of nitrogens with zero attached hydrogens (tertiary/aromatic N) is 1. The van der Waals surface area contributed by atoms with E-state index in [9.17, 15) is 22.8 Å². The average molecular weight is 533 g/mol. The first-order chi connectivity index (χ1) is 18.0. The van der Waals surface area contributed by atoms with E-state index in [-0.39, 0.29) is 18.1 Å². The van der Waals surface area contributed by atoms with Gasteiger partial charge < -0.3 is 9.84 Å². The maximum absolute atomic E-state index is 12.7. The Labute approximate surface area is 216 Å². The fourth-order valence-electron chi connectivity index (χ4n) is 4.45. The van der Waals surface area contributed by atoms with Gasteiger partial charge in [-0.1, -0.05) is 36.8 Å². The van der Waals surface area contributed by atoms with E-state index in [4.69, 9.17) is 19.8 Å². The zero-order chi connectivity index (χ0) is 27.9. The molecule has 38 heavy (non-hydrogen) atoms. The molecule has 1 saturated carbocycles. The Morgan fingerprint density at radius 3 is 2.32 bits per heavy atom. The second kappa shape index (κ2) is 12.5. The van der Waals surface area contributed by atoms with E-state index in [1.807, 2.05) is 61.5 Å². The SMILES string of the molecule is Cc1cc(COc2ccc(CC(=O)C3CCC[C@@H]3C(=O)NO)cc2)c2ccccc2n1.O=C(O)C(F)(F)F. The molecule has 0 saturated heterocycles. The Kier molecular flexibility index (Phi) is 9.40. The van der Waals surface area contributed by atoms with Crippen molar-refractivity contribution in [3.63, 3.8) is 0 Å². The maximum Gasteiger partial charge on any atom is 0.490 e. The molecule has 2 aromatic carbocycles. The highest BCUT2D eigenvalue weighted by molar-refractivity contribution is 5.90. The van der Waals surface area contributed by atoms with Crippen LogP contribution in [0.4, 0.5) is 13.2 Å². The van der Waals surface area contributed by atoms with Gasteiger partial charge >= 0.3 is 12.1 Å². The molecular formula is C27H27F3N2O6. The van der Waals surface area contributed by atoms with E-state index < -0.39 is 24.0 Å². The summed E-state index contributed by atoms with van der Waals surface area (Å²) in [4.78, 5) is 37.9. The Morgan fingerprint density at radius 1 is 1.05 bits per heavy atom. The van der Waals surface area contributed by atoms with Crippen LogP contribution < -0.4 is 10.2 Å². The predicted octanol–water partition coefficient (Wildman–Crippen LogP) is 4.79. The highest BCUT2D eigenvalue weighted by atomic mass is 19.4. The highest BCUT2D eigenvalue weighted by Crippen LogP contribution is 2.33. The normalized spacial score (nSPS) is 16.9. The van der Waals surface area contributed by atoms with Crippen molar-refractivity contribution in [2.75, 3.05) is 0 Å². The molecule has 0 radical (unpaired) electrons. The molecule has 2 atom stereocenters. The van der Waals surface area contributed by atoms with E-state index in [2.05, 4.69) is 4.98 Å². The number of aliphatic carboxylic acids is 1. The van der Waals surface area contributed by atoms with Gasteiger partial charge in [0.15, 0.2) is 0 Å². The van der Waals surface area contributed by atoms with Crippen LogP contribution >= 0.6 is 0 Å². The number of hydrogen-bond acceptors (Lipinski definition) is 6. The number of pyridine rings is 1. The summed E-state index contributed by atoms with van der Waals surface area (Å²) in [5.41, 5.74) is 5.56. The lowest BCUT2D eigenvalue weighted by Crippen LogP contribution is -2.34. The number of carboxylic acids is 1. The second-order valence-corrected chi connectivity index (χ2v) is 8.94. The van der Waals surface area contributed by atoms with Crippen LogP contribution in [-0.4, -0.2) is 39.1 Å². The first-order valence-corrected chi connectivity index (χ1v) is 11.8. The number of fused-ring (bicyclic) bond motifs is 1. The molecule has 0 bridgehead atoms. The number of carbonyl (C=O) groups excluding carboxylic acids is 2. The summed E-state index contributed by atoms with van der Waals surface area (Å²) in [5.74, 6) is -3.21. The lowest BCUT2D eigenvalue weighted by molar-refractivity contribution is -0.192. The number of amides is 1. The van der Waals surface area contributed by atoms with Crippen molar-refractivity contribution in [1.82, 2.24) is 10.5 Å². The topological polar surface area (TPSA) is 126 Å². The third kappa shape index (κ3) is 7.51. The van der Waals surface area contributed by atoms with Crippen LogP contribution in [-0.2, 0) is 27.4 Å². The van der Waals surface area contributed by atoms with Gasteiger partial charge in [0.1, 0.15) is 18.1 Å². The molecule has 202 valence electrons. The average Bonchev–Trinajstić information content (AvgIpc) is 3.38. The van der Waals surface area contributed by atoms with Crippen LogP contribution in [0.25, 0.3) is 10.9 Å². The standard InChI is InChI=1S/C25H26N2O4.C2HF3O2/c1-16-13-18(20-5-2-3-8-23(20)26-16)15-31-19-11-9-17(10-12-19)14-24(28)21-6-4-7-22(21)25(29)27-30;3-2(4,5)1(6)7/h2-3,5,8-13,21-22,30H,4,6-7,14-15H2,1H3,(H,27,29);(H,6,7)/t21?,22-;/m0./s1. The maximum atomic E-state index is 12.7. The van der Waals surface area contributed by atoms with Crippen LogP contribution in [0.1, 0.15) is 36.1 Å². The third-order valence-electron chi connectivity index (χ3n) is 6.24. The summed E-state index contributed by atoms with van der Waals surface area (Å²) in [5, 5.41) is 17.1. The Hall–Kier alpha value is -3.99. The van der Waals surface area contributed by atoms with Crippen molar-refractivity contribution in [3.05, 3.63) is 71.4 Å². The number of alkyl halides is 3. The number of Topliss-reactive ketones (excluding diaryl/α,β-unsaturated/α-hetero) is 1. The number of ether oxygens (including phenoxy) is 1. The van der Waals surface area contributed by atoms with Gasteiger partial charge in [-0.15, -0.1) is 0 Å². The molecule has 0 spiro atoms. The minimum Gasteiger partial charge on any atom is -0.489 e. The third-order valence-corrected chi connectivity index (χ3v) is 6.24. The number of carboxylic acid groups (broad SMARTS) is 1. The smallest absolute Gasteiger partial charge is 0.489 e. The molecule has 8 nitrogen and oxygen atoms in total. The number of halogens is 3. The monoisotopic (exact) mass is 532 g/mol. The molecule has 1 fully saturated rings. The van der Waals surface area contributed by atoms with E-state index in [0.717, 1.165) is 39.9 Å². The van der Waals surface area contributed by atoms with Crippen molar-refractivity contribution in [1.29, 1.82) is 0 Å². The van der Waals surface area contributed by atoms with Crippen molar-refractivity contribution in [3.8, 4) is 5.75 Å². The van der Waals surface area contributed by atoms with Gasteiger partial charge in [0.25, 0.3) is 0 Å². The minimum atomic E-state index is -5.08. The van der Waals surface area contributed by atoms with Gasteiger partial charge in [0.2, 0.25) is 5.91 Å². The molecule has 0 aliphatic heterocycles. The quantitative estimate of drug-likeness (QED) is 0.295. The zero-order valence-corrected chi connectivity index (χ0v) is 20.5. The van der Waals surface area contributed by atoms with Gasteiger partial charge in [-0.2, -0.15) is 13.2 Å². The number of aromatic nitrogens is 1. The Bertz CT molecular complexity index is 1290. The van der Waals surface area contributed by atoms with Crippen LogP contribution in [0, 0.1) is 18.8 Å². The van der Waals surface area contributed by atoms with Crippen LogP contribution in [0.3, 0.4) is 0 Å². The summed E-state index contributed by atoms with van der Waals surface area (Å²) in [7, 11) is 0. The van der Waals surface area contributed by atoms with Crippen molar-refractivity contribution in [2.24, 2.45) is 11.8 Å². The van der Waals surface area contributed by atoms with Gasteiger partial charge in [0, 0.05) is 34.9 Å². The van der Waals surface area contributed by atoms with Gasteiger partial charge in [0.05, 0.1) is 5.52 Å². The minimum absolute atomic E-state index is 0.0403. The van der Waals surface area contributed by atoms with Crippen LogP contribution in [0.15, 0.2) is 54.6 Å². The Balaban J connectivity index is 0.000000505. The van der Waals surface area contributed by atoms with Crippen molar-refractivity contribution >= 4 is 28.6 Å². The number of rotatable bonds is 7. The number of ketones is 1. The fourth-order valence-corrected chi connectivity index (χ4v) is 4.45. The molecule has 4 rings (SSSR count). The Morgan fingerprint density at radius 2 is 1.68 bits per heavy atom. The summed E-state index contributed by atoms with van der Waals surface area (Å²) < 4.78 is 37.7. The summed E-state index contributed by atoms with van der Waals surface area (Å²) in [6.45, 7) is 2.41. The van der Waals surface area contributed by atoms with Crippen molar-refractivity contribution in [2.45, 2.75) is 45.4 Å². The molecule has 1 amide bonds. The number of benzene rings is 2. The molecule has 1 unspecified atom stereocenters. The van der Waals surface area contributed by atoms with Gasteiger partial charge in [-0.3, -0.25) is 19.8 Å². The number of nitrogens with one attached hydrogen (secondary N) is 1. The van der Waals surface area contributed by atoms with E-state index in [0.29, 0.717) is 19.4 Å². The second-order valence-electron chi connectivity index (χ2n) is 8.94. The number of hydroxylamine groups is 1. The molecule has 3 N–H and O–H groups in total. The molecule has 3 aromatic rings. The summed E-state index contributed by atoms with van der Waals surface area (Å²) in [6.07, 6.45) is -2.66. The summed E-state index contributed by atoms with van der Waals surface area (Å²) >= 11 is 0. The van der Waals surface area contributed by atoms with Gasteiger partial charge in [-0.25, -0.2) is 10.3 Å². The first kappa shape index (κ1) is 28.6. The van der Waals surface area contributed by atoms with Crippen LogP contribution in [0.2, 0.25) is 0 Å². The van der Waals surface area contributed by atoms with E-state index >= 15 is 0 Å². The largest absolute Gasteiger partial charge is 0.490 e. The molecule has 1 aliphatic carbocycles. The lowest BCUT2D eigenvalue weighted by Gasteiger charge is -2.16. The fraction of sp³-hybridized carbons (Fsp3) is 0.333. The molecular weight excluding hydrogens is 505 g/mol. The molecule has 1 aromatic heterocycles. The number of aryl methyl sites for hydroxylation is 1. The number of para-hydroxylation sites is 1. The van der Waals surface area contributed by atoms with E-state index in [1.165, 1.54) is 0 Å². The summed E-state index contributed by atoms with van der Waals surface area (Å²) in [6, 6.07) is 17.6. The van der Waals surface area contributed by atoms with Crippen molar-refractivity contribution < 1.29 is 42.6 Å². The predicted molar refractivity (Wildman–Crippen MR) is 130 cm³/mol. The number of carbonyl (C=O) groups is 3.